The van der Waals surface area contributed by atoms with E-state index in [0.29, 0.717) is 13.2 Å². The van der Waals surface area contributed by atoms with Crippen LogP contribution in [0.15, 0.2) is 48.5 Å². The first kappa shape index (κ1) is 23.8. The fourth-order valence-corrected chi connectivity index (χ4v) is 3.55. The molecule has 172 valence electrons. The number of aromatic nitrogens is 2. The minimum atomic E-state index is -0.417. The first-order valence-corrected chi connectivity index (χ1v) is 11.5. The van der Waals surface area contributed by atoms with Crippen molar-refractivity contribution in [3.8, 4) is 5.75 Å². The van der Waals surface area contributed by atoms with Gasteiger partial charge in [-0.05, 0) is 48.1 Å². The standard InChI is InChI=1S/C27H37N3O2/c1-26(2,3)20-13-15-21(16-14-20)32-18-10-9-17-30-23-12-8-7-11-22(23)29-24(30)19-28-25(31)27(4,5)6/h7-8,11-16H,9-10,17-19H2,1-6H3,(H,28,31). The number of hydrogen-bond donors (Lipinski definition) is 1. The summed E-state index contributed by atoms with van der Waals surface area (Å²) in [5, 5.41) is 3.03. The van der Waals surface area contributed by atoms with Crippen LogP contribution in [-0.2, 0) is 23.3 Å². The molecule has 0 aliphatic heterocycles. The number of amides is 1. The van der Waals surface area contributed by atoms with Crippen LogP contribution in [0.5, 0.6) is 5.75 Å². The molecule has 5 nitrogen and oxygen atoms in total. The van der Waals surface area contributed by atoms with Crippen LogP contribution in [0.2, 0.25) is 0 Å². The Balaban J connectivity index is 1.56. The van der Waals surface area contributed by atoms with E-state index in [-0.39, 0.29) is 11.3 Å². The van der Waals surface area contributed by atoms with Crippen molar-refractivity contribution < 1.29 is 9.53 Å². The van der Waals surface area contributed by atoms with E-state index < -0.39 is 5.41 Å². The van der Waals surface area contributed by atoms with Crippen LogP contribution in [0.3, 0.4) is 0 Å². The number of carbonyl (C=O) groups is 1. The summed E-state index contributed by atoms with van der Waals surface area (Å²) in [4.78, 5) is 17.1. The monoisotopic (exact) mass is 435 g/mol. The number of aryl methyl sites for hydroxylation is 1. The molecule has 3 rings (SSSR count). The molecule has 3 aromatic rings. The van der Waals surface area contributed by atoms with Crippen LogP contribution in [0.4, 0.5) is 0 Å². The first-order chi connectivity index (χ1) is 15.1. The van der Waals surface area contributed by atoms with Crippen molar-refractivity contribution in [3.05, 3.63) is 59.9 Å². The Morgan fingerprint density at radius 2 is 1.66 bits per heavy atom. The first-order valence-electron chi connectivity index (χ1n) is 11.5. The van der Waals surface area contributed by atoms with E-state index in [2.05, 4.69) is 61.0 Å². The predicted octanol–water partition coefficient (Wildman–Crippen LogP) is 5.86. The summed E-state index contributed by atoms with van der Waals surface area (Å²) in [6.45, 7) is 14.3. The molecule has 0 unspecified atom stereocenters. The third kappa shape index (κ3) is 6.12. The SMILES string of the molecule is CC(C)(C)C(=O)NCc1nc2ccccc2n1CCCCOc1ccc(C(C)(C)C)cc1. The maximum Gasteiger partial charge on any atom is 0.225 e. The summed E-state index contributed by atoms with van der Waals surface area (Å²) in [7, 11) is 0. The van der Waals surface area contributed by atoms with Crippen LogP contribution in [0.1, 0.15) is 65.8 Å². The van der Waals surface area contributed by atoms with E-state index in [1.807, 2.05) is 39.0 Å². The van der Waals surface area contributed by atoms with Gasteiger partial charge in [0.15, 0.2) is 0 Å². The highest BCUT2D eigenvalue weighted by atomic mass is 16.5. The number of rotatable bonds is 8. The summed E-state index contributed by atoms with van der Waals surface area (Å²) in [5.41, 5.74) is 3.10. The van der Waals surface area contributed by atoms with Gasteiger partial charge in [-0.2, -0.15) is 0 Å². The molecule has 0 radical (unpaired) electrons. The van der Waals surface area contributed by atoms with Crippen LogP contribution in [-0.4, -0.2) is 22.1 Å². The largest absolute Gasteiger partial charge is 0.494 e. The van der Waals surface area contributed by atoms with Crippen molar-refractivity contribution in [2.45, 2.75) is 72.9 Å². The van der Waals surface area contributed by atoms with Gasteiger partial charge < -0.3 is 14.6 Å². The molecule has 0 bridgehead atoms. The van der Waals surface area contributed by atoms with Gasteiger partial charge >= 0.3 is 0 Å². The highest BCUT2D eigenvalue weighted by Gasteiger charge is 2.21. The number of hydrogen-bond acceptors (Lipinski definition) is 3. The van der Waals surface area contributed by atoms with Gasteiger partial charge in [0.05, 0.1) is 24.2 Å². The molecule has 0 fully saturated rings. The number of unbranched alkanes of at least 4 members (excludes halogenated alkanes) is 1. The minimum absolute atomic E-state index is 0.0296. The average molecular weight is 436 g/mol. The number of nitrogens with zero attached hydrogens (tertiary/aromatic N) is 2. The van der Waals surface area contributed by atoms with Crippen molar-refractivity contribution in [3.63, 3.8) is 0 Å². The summed E-state index contributed by atoms with van der Waals surface area (Å²) in [6.07, 6.45) is 1.92. The second kappa shape index (κ2) is 9.76. The van der Waals surface area contributed by atoms with Crippen LogP contribution < -0.4 is 10.1 Å². The van der Waals surface area contributed by atoms with Crippen LogP contribution >= 0.6 is 0 Å². The average Bonchev–Trinajstić information content (AvgIpc) is 3.08. The van der Waals surface area contributed by atoms with E-state index in [1.165, 1.54) is 5.56 Å². The van der Waals surface area contributed by atoms with E-state index in [1.54, 1.807) is 0 Å². The molecule has 0 aliphatic carbocycles. The molecule has 0 atom stereocenters. The number of carbonyl (C=O) groups excluding carboxylic acids is 1. The zero-order valence-corrected chi connectivity index (χ0v) is 20.4. The molecule has 32 heavy (non-hydrogen) atoms. The normalized spacial score (nSPS) is 12.2. The fourth-order valence-electron chi connectivity index (χ4n) is 3.55. The molecule has 5 heteroatoms. The molecule has 1 N–H and O–H groups in total. The zero-order chi connectivity index (χ0) is 23.4. The molecule has 0 saturated carbocycles. The molecular weight excluding hydrogens is 398 g/mol. The fraction of sp³-hybridized carbons (Fsp3) is 0.481. The van der Waals surface area contributed by atoms with Gasteiger partial charge in [-0.3, -0.25) is 4.79 Å². The summed E-state index contributed by atoms with van der Waals surface area (Å²) >= 11 is 0. The van der Waals surface area contributed by atoms with Crippen LogP contribution in [0.25, 0.3) is 11.0 Å². The second-order valence-corrected chi connectivity index (χ2v) is 10.4. The van der Waals surface area contributed by atoms with Gasteiger partial charge in [-0.15, -0.1) is 0 Å². The van der Waals surface area contributed by atoms with E-state index in [0.717, 1.165) is 42.0 Å². The van der Waals surface area contributed by atoms with Crippen molar-refractivity contribution >= 4 is 16.9 Å². The summed E-state index contributed by atoms with van der Waals surface area (Å²) in [6, 6.07) is 16.5. The van der Waals surface area contributed by atoms with E-state index in [4.69, 9.17) is 9.72 Å². The third-order valence-electron chi connectivity index (χ3n) is 5.59. The van der Waals surface area contributed by atoms with Crippen molar-refractivity contribution in [2.24, 2.45) is 5.41 Å². The number of nitrogens with one attached hydrogen (secondary N) is 1. The number of fused-ring (bicyclic) bond motifs is 1. The molecule has 0 spiro atoms. The Hall–Kier alpha value is -2.82. The molecule has 0 saturated heterocycles. The highest BCUT2D eigenvalue weighted by Crippen LogP contribution is 2.24. The molecular formula is C27H37N3O2. The zero-order valence-electron chi connectivity index (χ0n) is 20.4. The Morgan fingerprint density at radius 3 is 2.31 bits per heavy atom. The van der Waals surface area contributed by atoms with Gasteiger partial charge in [0, 0.05) is 12.0 Å². The third-order valence-corrected chi connectivity index (χ3v) is 5.59. The maximum absolute atomic E-state index is 12.3. The topological polar surface area (TPSA) is 56.2 Å². The summed E-state index contributed by atoms with van der Waals surface area (Å²) < 4.78 is 8.16. The van der Waals surface area contributed by atoms with E-state index in [9.17, 15) is 4.79 Å². The van der Waals surface area contributed by atoms with Crippen LogP contribution in [0, 0.1) is 5.41 Å². The Labute approximate surface area is 192 Å². The molecule has 1 aromatic heterocycles. The predicted molar refractivity (Wildman–Crippen MR) is 131 cm³/mol. The van der Waals surface area contributed by atoms with Gasteiger partial charge in [0.25, 0.3) is 0 Å². The van der Waals surface area contributed by atoms with Gasteiger partial charge in [0.2, 0.25) is 5.91 Å². The lowest BCUT2D eigenvalue weighted by atomic mass is 9.87. The Morgan fingerprint density at radius 1 is 0.969 bits per heavy atom. The van der Waals surface area contributed by atoms with Gasteiger partial charge in [0.1, 0.15) is 11.6 Å². The Bertz CT molecular complexity index is 1040. The molecule has 1 amide bonds. The van der Waals surface area contributed by atoms with E-state index >= 15 is 0 Å². The lowest BCUT2D eigenvalue weighted by Gasteiger charge is -2.19. The number of para-hydroxylation sites is 2. The number of ether oxygens (including phenoxy) is 1. The Kier molecular flexibility index (Phi) is 7.27. The van der Waals surface area contributed by atoms with Gasteiger partial charge in [-0.25, -0.2) is 4.98 Å². The highest BCUT2D eigenvalue weighted by molar-refractivity contribution is 5.81. The molecule has 0 aliphatic rings. The smallest absolute Gasteiger partial charge is 0.225 e. The quantitative estimate of drug-likeness (QED) is 0.451. The maximum atomic E-state index is 12.3. The molecule has 2 aromatic carbocycles. The molecule has 1 heterocycles. The number of imidazole rings is 1. The van der Waals surface area contributed by atoms with Crippen molar-refractivity contribution in [1.82, 2.24) is 14.9 Å². The summed E-state index contributed by atoms with van der Waals surface area (Å²) in [5.74, 6) is 1.83. The lowest BCUT2D eigenvalue weighted by molar-refractivity contribution is -0.128. The number of benzene rings is 2. The minimum Gasteiger partial charge on any atom is -0.494 e. The van der Waals surface area contributed by atoms with Crippen molar-refractivity contribution in [1.29, 1.82) is 0 Å². The second-order valence-electron chi connectivity index (χ2n) is 10.4. The van der Waals surface area contributed by atoms with Gasteiger partial charge in [-0.1, -0.05) is 65.8 Å². The lowest BCUT2D eigenvalue weighted by Crippen LogP contribution is -2.35. The van der Waals surface area contributed by atoms with Crippen molar-refractivity contribution in [2.75, 3.05) is 6.61 Å².